The Labute approximate surface area is 71.5 Å². The Morgan fingerprint density at radius 2 is 2.08 bits per heavy atom. The molecule has 2 N–H and O–H groups in total. The molecule has 0 heterocycles. The Morgan fingerprint density at radius 1 is 1.33 bits per heavy atom. The molecule has 0 unspecified atom stereocenters. The summed E-state index contributed by atoms with van der Waals surface area (Å²) in [6, 6.07) is 7.82. The summed E-state index contributed by atoms with van der Waals surface area (Å²) in [6.07, 6.45) is 0.333. The molecule has 0 saturated carbocycles. The highest BCUT2D eigenvalue weighted by molar-refractivity contribution is 5.34. The molecule has 2 nitrogen and oxygen atoms in total. The summed E-state index contributed by atoms with van der Waals surface area (Å²) in [4.78, 5) is 0. The fourth-order valence-corrected chi connectivity index (χ4v) is 1.82. The van der Waals surface area contributed by atoms with Gasteiger partial charge in [-0.05, 0) is 17.5 Å². The van der Waals surface area contributed by atoms with Gasteiger partial charge in [-0.3, -0.25) is 0 Å². The minimum absolute atomic E-state index is 0.00222. The van der Waals surface area contributed by atoms with Crippen molar-refractivity contribution in [3.8, 4) is 0 Å². The highest BCUT2D eigenvalue weighted by Gasteiger charge is 2.29. The van der Waals surface area contributed by atoms with Crippen molar-refractivity contribution in [2.75, 3.05) is 6.61 Å². The maximum atomic E-state index is 9.68. The van der Waals surface area contributed by atoms with Gasteiger partial charge in [0.1, 0.15) is 0 Å². The number of rotatable bonds is 1. The third-order valence-corrected chi connectivity index (χ3v) is 2.54. The zero-order valence-corrected chi connectivity index (χ0v) is 6.77. The SMILES string of the molecule is OC[C@H]1Cc2ccccc2[C@H]1O. The second-order valence-electron chi connectivity index (χ2n) is 3.29. The van der Waals surface area contributed by atoms with Gasteiger partial charge < -0.3 is 10.2 Å². The van der Waals surface area contributed by atoms with E-state index >= 15 is 0 Å². The lowest BCUT2D eigenvalue weighted by molar-refractivity contribution is 0.0807. The van der Waals surface area contributed by atoms with Crippen molar-refractivity contribution >= 4 is 0 Å². The number of hydrogen-bond acceptors (Lipinski definition) is 2. The smallest absolute Gasteiger partial charge is 0.0845 e. The topological polar surface area (TPSA) is 40.5 Å². The molecule has 1 aromatic carbocycles. The van der Waals surface area contributed by atoms with Crippen LogP contribution in [0, 0.1) is 5.92 Å². The number of fused-ring (bicyclic) bond motifs is 1. The Bertz CT molecular complexity index is 283. The zero-order valence-electron chi connectivity index (χ0n) is 6.77. The summed E-state index contributed by atoms with van der Waals surface area (Å²) in [5.74, 6) is 0.00222. The number of aliphatic hydroxyl groups excluding tert-OH is 2. The molecule has 0 spiro atoms. The molecule has 0 aromatic heterocycles. The van der Waals surface area contributed by atoms with Crippen molar-refractivity contribution in [1.29, 1.82) is 0 Å². The third kappa shape index (κ3) is 1.04. The largest absolute Gasteiger partial charge is 0.396 e. The minimum atomic E-state index is -0.466. The maximum Gasteiger partial charge on any atom is 0.0845 e. The van der Waals surface area contributed by atoms with E-state index in [2.05, 4.69) is 0 Å². The lowest BCUT2D eigenvalue weighted by Gasteiger charge is -2.10. The van der Waals surface area contributed by atoms with E-state index in [1.165, 1.54) is 5.56 Å². The Morgan fingerprint density at radius 3 is 2.75 bits per heavy atom. The average molecular weight is 164 g/mol. The van der Waals surface area contributed by atoms with Gasteiger partial charge in [0.2, 0.25) is 0 Å². The zero-order chi connectivity index (χ0) is 8.55. The number of hydrogen-bond donors (Lipinski definition) is 2. The predicted octanol–water partition coefficient (Wildman–Crippen LogP) is 0.885. The quantitative estimate of drug-likeness (QED) is 0.647. The summed E-state index contributed by atoms with van der Waals surface area (Å²) in [7, 11) is 0. The van der Waals surface area contributed by atoms with Gasteiger partial charge >= 0.3 is 0 Å². The van der Waals surface area contributed by atoms with Crippen molar-refractivity contribution in [1.82, 2.24) is 0 Å². The van der Waals surface area contributed by atoms with Crippen LogP contribution in [0.5, 0.6) is 0 Å². The fraction of sp³-hybridized carbons (Fsp3) is 0.400. The summed E-state index contributed by atoms with van der Waals surface area (Å²) >= 11 is 0. The molecule has 0 amide bonds. The Kier molecular flexibility index (Phi) is 1.87. The van der Waals surface area contributed by atoms with E-state index in [1.54, 1.807) is 0 Å². The molecular formula is C10H12O2. The lowest BCUT2D eigenvalue weighted by Crippen LogP contribution is -2.11. The normalized spacial score (nSPS) is 27.2. The Hall–Kier alpha value is -0.860. The Balaban J connectivity index is 2.35. The van der Waals surface area contributed by atoms with Gasteiger partial charge in [0.15, 0.2) is 0 Å². The molecule has 2 atom stereocenters. The number of aliphatic hydroxyl groups is 2. The molecule has 64 valence electrons. The van der Waals surface area contributed by atoms with Gasteiger partial charge in [0, 0.05) is 12.5 Å². The molecule has 0 radical (unpaired) electrons. The van der Waals surface area contributed by atoms with E-state index < -0.39 is 6.10 Å². The molecule has 0 aliphatic heterocycles. The van der Waals surface area contributed by atoms with Crippen molar-refractivity contribution < 1.29 is 10.2 Å². The van der Waals surface area contributed by atoms with Crippen molar-refractivity contribution in [3.05, 3.63) is 35.4 Å². The van der Waals surface area contributed by atoms with E-state index in [-0.39, 0.29) is 12.5 Å². The molecule has 1 aliphatic carbocycles. The van der Waals surface area contributed by atoms with Crippen LogP contribution in [-0.2, 0) is 6.42 Å². The monoisotopic (exact) mass is 164 g/mol. The van der Waals surface area contributed by atoms with Gasteiger partial charge in [0.05, 0.1) is 6.10 Å². The van der Waals surface area contributed by atoms with Gasteiger partial charge in [-0.2, -0.15) is 0 Å². The highest BCUT2D eigenvalue weighted by Crippen LogP contribution is 2.35. The molecule has 1 aliphatic rings. The van der Waals surface area contributed by atoms with E-state index in [0.717, 1.165) is 12.0 Å². The maximum absolute atomic E-state index is 9.68. The van der Waals surface area contributed by atoms with Crippen molar-refractivity contribution in [2.45, 2.75) is 12.5 Å². The first-order chi connectivity index (χ1) is 5.83. The summed E-state index contributed by atoms with van der Waals surface area (Å²) < 4.78 is 0. The summed E-state index contributed by atoms with van der Waals surface area (Å²) in [6.45, 7) is 0.0653. The van der Waals surface area contributed by atoms with Crippen LogP contribution in [0.25, 0.3) is 0 Å². The van der Waals surface area contributed by atoms with Crippen LogP contribution in [0.3, 0.4) is 0 Å². The summed E-state index contributed by atoms with van der Waals surface area (Å²) in [5, 5.41) is 18.6. The predicted molar refractivity (Wildman–Crippen MR) is 45.7 cm³/mol. The molecule has 1 aromatic rings. The van der Waals surface area contributed by atoms with E-state index in [4.69, 9.17) is 5.11 Å². The van der Waals surface area contributed by atoms with E-state index in [9.17, 15) is 5.11 Å². The first kappa shape index (κ1) is 7.77. The lowest BCUT2D eigenvalue weighted by atomic mass is 10.1. The second kappa shape index (κ2) is 2.88. The van der Waals surface area contributed by atoms with Crippen LogP contribution in [0.1, 0.15) is 17.2 Å². The molecular weight excluding hydrogens is 152 g/mol. The van der Waals surface area contributed by atoms with Crippen LogP contribution in [0.2, 0.25) is 0 Å². The van der Waals surface area contributed by atoms with Gasteiger partial charge in [-0.25, -0.2) is 0 Å². The molecule has 12 heavy (non-hydrogen) atoms. The fourth-order valence-electron chi connectivity index (χ4n) is 1.82. The highest BCUT2D eigenvalue weighted by atomic mass is 16.3. The molecule has 2 heteroatoms. The first-order valence-electron chi connectivity index (χ1n) is 4.19. The van der Waals surface area contributed by atoms with Crippen LogP contribution in [-0.4, -0.2) is 16.8 Å². The van der Waals surface area contributed by atoms with Crippen LogP contribution in [0.15, 0.2) is 24.3 Å². The van der Waals surface area contributed by atoms with E-state index in [0.29, 0.717) is 0 Å². The van der Waals surface area contributed by atoms with Crippen molar-refractivity contribution in [2.24, 2.45) is 5.92 Å². The van der Waals surface area contributed by atoms with Crippen LogP contribution >= 0.6 is 0 Å². The standard InChI is InChI=1S/C10H12O2/c11-6-8-5-7-3-1-2-4-9(7)10(8)12/h1-4,8,10-12H,5-6H2/t8-,10+/m1/s1. The molecule has 2 rings (SSSR count). The second-order valence-corrected chi connectivity index (χ2v) is 3.29. The van der Waals surface area contributed by atoms with E-state index in [1.807, 2.05) is 24.3 Å². The van der Waals surface area contributed by atoms with Gasteiger partial charge in [-0.15, -0.1) is 0 Å². The van der Waals surface area contributed by atoms with Gasteiger partial charge in [0.25, 0.3) is 0 Å². The summed E-state index contributed by atoms with van der Waals surface area (Å²) in [5.41, 5.74) is 2.15. The third-order valence-electron chi connectivity index (χ3n) is 2.54. The molecule has 0 bridgehead atoms. The number of benzene rings is 1. The first-order valence-corrected chi connectivity index (χ1v) is 4.19. The molecule has 0 fully saturated rings. The average Bonchev–Trinajstić information content (AvgIpc) is 2.44. The van der Waals surface area contributed by atoms with Crippen LogP contribution in [0.4, 0.5) is 0 Å². The van der Waals surface area contributed by atoms with Crippen LogP contribution < -0.4 is 0 Å². The molecule has 0 saturated heterocycles. The van der Waals surface area contributed by atoms with Gasteiger partial charge in [-0.1, -0.05) is 24.3 Å². The minimum Gasteiger partial charge on any atom is -0.396 e. The van der Waals surface area contributed by atoms with Crippen molar-refractivity contribution in [3.63, 3.8) is 0 Å².